The van der Waals surface area contributed by atoms with Crippen LogP contribution in [0.3, 0.4) is 0 Å². The molecule has 0 spiro atoms. The molecule has 0 saturated carbocycles. The van der Waals surface area contributed by atoms with Crippen LogP contribution in [0.2, 0.25) is 0 Å². The summed E-state index contributed by atoms with van der Waals surface area (Å²) in [6.45, 7) is 2.70. The first-order chi connectivity index (χ1) is 12.1. The fourth-order valence-corrected chi connectivity index (χ4v) is 3.16. The molecule has 1 aliphatic heterocycles. The molecular formula is C20H23N3O2. The molecule has 3 N–H and O–H groups in total. The molecule has 1 fully saturated rings. The van der Waals surface area contributed by atoms with Gasteiger partial charge < -0.3 is 16.0 Å². The highest BCUT2D eigenvalue weighted by Gasteiger charge is 2.20. The molecule has 1 heterocycles. The Morgan fingerprint density at radius 3 is 2.16 bits per heavy atom. The number of amides is 2. The first-order valence-corrected chi connectivity index (χ1v) is 8.61. The predicted octanol–water partition coefficient (Wildman–Crippen LogP) is 2.43. The van der Waals surface area contributed by atoms with E-state index in [4.69, 9.17) is 5.73 Å². The van der Waals surface area contributed by atoms with Crippen molar-refractivity contribution in [2.75, 3.05) is 24.5 Å². The largest absolute Gasteiger partial charge is 0.372 e. The minimum absolute atomic E-state index is 0.110. The number of nitrogens with one attached hydrogen (secondary N) is 1. The van der Waals surface area contributed by atoms with E-state index in [-0.39, 0.29) is 5.91 Å². The SMILES string of the molecule is NC(=O)c1ccc(C(=O)NCC2CCN(c3ccccc3)CC2)cc1. The van der Waals surface area contributed by atoms with Crippen LogP contribution in [-0.2, 0) is 0 Å². The molecule has 0 aliphatic carbocycles. The number of rotatable bonds is 5. The zero-order valence-electron chi connectivity index (χ0n) is 14.2. The Balaban J connectivity index is 1.46. The van der Waals surface area contributed by atoms with Crippen molar-refractivity contribution >= 4 is 17.5 Å². The third kappa shape index (κ3) is 4.38. The number of carbonyl (C=O) groups is 2. The molecule has 0 radical (unpaired) electrons. The predicted molar refractivity (Wildman–Crippen MR) is 98.7 cm³/mol. The van der Waals surface area contributed by atoms with Crippen molar-refractivity contribution in [1.29, 1.82) is 0 Å². The molecule has 5 nitrogen and oxygen atoms in total. The average Bonchev–Trinajstić information content (AvgIpc) is 2.67. The van der Waals surface area contributed by atoms with Gasteiger partial charge in [0.2, 0.25) is 5.91 Å². The van der Waals surface area contributed by atoms with Crippen LogP contribution in [0, 0.1) is 5.92 Å². The fourth-order valence-electron chi connectivity index (χ4n) is 3.16. The quantitative estimate of drug-likeness (QED) is 0.880. The molecule has 0 unspecified atom stereocenters. The molecule has 0 bridgehead atoms. The minimum atomic E-state index is -0.489. The number of nitrogens with zero attached hydrogens (tertiary/aromatic N) is 1. The molecule has 1 saturated heterocycles. The van der Waals surface area contributed by atoms with E-state index in [1.165, 1.54) is 5.69 Å². The summed E-state index contributed by atoms with van der Waals surface area (Å²) in [6.07, 6.45) is 2.13. The number of piperidine rings is 1. The number of benzene rings is 2. The Bertz CT molecular complexity index is 720. The van der Waals surface area contributed by atoms with E-state index in [0.717, 1.165) is 25.9 Å². The number of nitrogens with two attached hydrogens (primary N) is 1. The van der Waals surface area contributed by atoms with Crippen molar-refractivity contribution in [3.63, 3.8) is 0 Å². The summed E-state index contributed by atoms with van der Waals surface area (Å²) in [7, 11) is 0. The van der Waals surface area contributed by atoms with E-state index in [9.17, 15) is 9.59 Å². The summed E-state index contributed by atoms with van der Waals surface area (Å²) in [6, 6.07) is 16.8. The number of hydrogen-bond acceptors (Lipinski definition) is 3. The van der Waals surface area contributed by atoms with E-state index in [1.807, 2.05) is 6.07 Å². The van der Waals surface area contributed by atoms with Crippen molar-refractivity contribution in [2.24, 2.45) is 11.7 Å². The van der Waals surface area contributed by atoms with Crippen LogP contribution in [0.15, 0.2) is 54.6 Å². The molecule has 1 aliphatic rings. The summed E-state index contributed by atoms with van der Waals surface area (Å²) in [5.74, 6) is -0.104. The molecule has 0 aromatic heterocycles. The van der Waals surface area contributed by atoms with Gasteiger partial charge in [0.05, 0.1) is 0 Å². The molecule has 2 amide bonds. The first kappa shape index (κ1) is 17.0. The minimum Gasteiger partial charge on any atom is -0.372 e. The second-order valence-electron chi connectivity index (χ2n) is 6.42. The van der Waals surface area contributed by atoms with Crippen LogP contribution < -0.4 is 16.0 Å². The van der Waals surface area contributed by atoms with Crippen LogP contribution in [0.5, 0.6) is 0 Å². The van der Waals surface area contributed by atoms with Crippen LogP contribution in [0.4, 0.5) is 5.69 Å². The Labute approximate surface area is 147 Å². The standard InChI is InChI=1S/C20H23N3O2/c21-19(24)16-6-8-17(9-7-16)20(25)22-14-15-10-12-23(13-11-15)18-4-2-1-3-5-18/h1-9,15H,10-14H2,(H2,21,24)(H,22,25). The van der Waals surface area contributed by atoms with Crippen LogP contribution >= 0.6 is 0 Å². The number of carbonyl (C=O) groups excluding carboxylic acids is 2. The summed E-state index contributed by atoms with van der Waals surface area (Å²) in [4.78, 5) is 25.7. The lowest BCUT2D eigenvalue weighted by Crippen LogP contribution is -2.38. The van der Waals surface area contributed by atoms with E-state index >= 15 is 0 Å². The van der Waals surface area contributed by atoms with Gasteiger partial charge in [-0.3, -0.25) is 9.59 Å². The van der Waals surface area contributed by atoms with Crippen molar-refractivity contribution in [1.82, 2.24) is 5.32 Å². The Morgan fingerprint density at radius 1 is 0.960 bits per heavy atom. The normalized spacial score (nSPS) is 15.0. The molecule has 5 heteroatoms. The van der Waals surface area contributed by atoms with Gasteiger partial charge in [0.1, 0.15) is 0 Å². The molecule has 2 aromatic rings. The summed E-state index contributed by atoms with van der Waals surface area (Å²) < 4.78 is 0. The lowest BCUT2D eigenvalue weighted by atomic mass is 9.96. The van der Waals surface area contributed by atoms with Gasteiger partial charge in [-0.2, -0.15) is 0 Å². The van der Waals surface area contributed by atoms with Crippen LogP contribution in [0.25, 0.3) is 0 Å². The maximum absolute atomic E-state index is 12.2. The van der Waals surface area contributed by atoms with Gasteiger partial charge in [0.15, 0.2) is 0 Å². The van der Waals surface area contributed by atoms with Crippen molar-refractivity contribution in [3.05, 3.63) is 65.7 Å². The van der Waals surface area contributed by atoms with E-state index < -0.39 is 5.91 Å². The first-order valence-electron chi connectivity index (χ1n) is 8.61. The third-order valence-corrected chi connectivity index (χ3v) is 4.72. The van der Waals surface area contributed by atoms with Crippen LogP contribution in [0.1, 0.15) is 33.6 Å². The lowest BCUT2D eigenvalue weighted by Gasteiger charge is -2.33. The highest BCUT2D eigenvalue weighted by Crippen LogP contribution is 2.22. The van der Waals surface area contributed by atoms with E-state index in [0.29, 0.717) is 23.6 Å². The molecule has 25 heavy (non-hydrogen) atoms. The molecule has 2 aromatic carbocycles. The summed E-state index contributed by atoms with van der Waals surface area (Å²) >= 11 is 0. The highest BCUT2D eigenvalue weighted by molar-refractivity contribution is 5.97. The molecule has 0 atom stereocenters. The smallest absolute Gasteiger partial charge is 0.251 e. The monoisotopic (exact) mass is 337 g/mol. The van der Waals surface area contributed by atoms with Crippen molar-refractivity contribution in [2.45, 2.75) is 12.8 Å². The van der Waals surface area contributed by atoms with Crippen molar-refractivity contribution < 1.29 is 9.59 Å². The van der Waals surface area contributed by atoms with E-state index in [2.05, 4.69) is 34.5 Å². The van der Waals surface area contributed by atoms with Gasteiger partial charge in [-0.1, -0.05) is 18.2 Å². The number of anilines is 1. The fraction of sp³-hybridized carbons (Fsp3) is 0.300. The van der Waals surface area contributed by atoms with Gasteiger partial charge in [-0.15, -0.1) is 0 Å². The number of hydrogen-bond donors (Lipinski definition) is 2. The molecule has 3 rings (SSSR count). The Hall–Kier alpha value is -2.82. The number of para-hydroxylation sites is 1. The number of primary amides is 1. The topological polar surface area (TPSA) is 75.4 Å². The Kier molecular flexibility index (Phi) is 5.33. The summed E-state index contributed by atoms with van der Waals surface area (Å²) in [5, 5.41) is 3.00. The summed E-state index contributed by atoms with van der Waals surface area (Å²) in [5.41, 5.74) is 7.42. The van der Waals surface area contributed by atoms with E-state index in [1.54, 1.807) is 24.3 Å². The lowest BCUT2D eigenvalue weighted by molar-refractivity contribution is 0.0942. The zero-order chi connectivity index (χ0) is 17.6. The van der Waals surface area contributed by atoms with Gasteiger partial charge in [0, 0.05) is 36.4 Å². The van der Waals surface area contributed by atoms with Gasteiger partial charge in [-0.25, -0.2) is 0 Å². The second kappa shape index (κ2) is 7.83. The molecule has 130 valence electrons. The third-order valence-electron chi connectivity index (χ3n) is 4.72. The average molecular weight is 337 g/mol. The van der Waals surface area contributed by atoms with Gasteiger partial charge in [-0.05, 0) is 55.2 Å². The van der Waals surface area contributed by atoms with Crippen LogP contribution in [-0.4, -0.2) is 31.4 Å². The van der Waals surface area contributed by atoms with Gasteiger partial charge in [0.25, 0.3) is 5.91 Å². The highest BCUT2D eigenvalue weighted by atomic mass is 16.2. The van der Waals surface area contributed by atoms with Gasteiger partial charge >= 0.3 is 0 Å². The zero-order valence-corrected chi connectivity index (χ0v) is 14.2. The maximum atomic E-state index is 12.2. The Morgan fingerprint density at radius 2 is 1.56 bits per heavy atom. The maximum Gasteiger partial charge on any atom is 0.251 e. The molecular weight excluding hydrogens is 314 g/mol. The second-order valence-corrected chi connectivity index (χ2v) is 6.42. The van der Waals surface area contributed by atoms with Crippen molar-refractivity contribution in [3.8, 4) is 0 Å².